The zero-order chi connectivity index (χ0) is 13.0. The molecule has 1 nitrogen and oxygen atoms in total. The van der Waals surface area contributed by atoms with E-state index in [1.54, 1.807) is 23.9 Å². The Morgan fingerprint density at radius 2 is 1.67 bits per heavy atom. The Kier molecular flexibility index (Phi) is 4.70. The van der Waals surface area contributed by atoms with Gasteiger partial charge < -0.3 is 0 Å². The lowest BCUT2D eigenvalue weighted by atomic mass is 10.2. The molecule has 0 saturated heterocycles. The first kappa shape index (κ1) is 13.5. The molecule has 4 heteroatoms. The number of hydrogen-bond acceptors (Lipinski definition) is 2. The summed E-state index contributed by atoms with van der Waals surface area (Å²) >= 11 is 13.3. The summed E-state index contributed by atoms with van der Waals surface area (Å²) in [5.74, 6) is 0.776. The maximum absolute atomic E-state index is 10.9. The molecule has 0 N–H and O–H groups in total. The maximum Gasteiger partial charge on any atom is 0.151 e. The molecule has 2 rings (SSSR count). The molecule has 0 aromatic heterocycles. The van der Waals surface area contributed by atoms with Crippen LogP contribution in [-0.2, 0) is 5.75 Å². The smallest absolute Gasteiger partial charge is 0.151 e. The maximum atomic E-state index is 10.9. The molecule has 0 radical (unpaired) electrons. The van der Waals surface area contributed by atoms with Crippen LogP contribution in [0.25, 0.3) is 0 Å². The number of thioether (sulfide) groups is 1. The zero-order valence-corrected chi connectivity index (χ0v) is 11.7. The minimum absolute atomic E-state index is 0.638. The lowest BCUT2D eigenvalue weighted by Gasteiger charge is -2.05. The van der Waals surface area contributed by atoms with Crippen LogP contribution in [0.3, 0.4) is 0 Å². The molecule has 18 heavy (non-hydrogen) atoms. The van der Waals surface area contributed by atoms with Gasteiger partial charge in [-0.25, -0.2) is 0 Å². The molecule has 0 bridgehead atoms. The molecule has 2 aromatic rings. The van der Waals surface area contributed by atoms with Gasteiger partial charge >= 0.3 is 0 Å². The van der Waals surface area contributed by atoms with Gasteiger partial charge in [0.2, 0.25) is 0 Å². The minimum atomic E-state index is 0.638. The van der Waals surface area contributed by atoms with E-state index < -0.39 is 0 Å². The highest BCUT2D eigenvalue weighted by molar-refractivity contribution is 7.98. The van der Waals surface area contributed by atoms with Gasteiger partial charge in [-0.05, 0) is 35.9 Å². The first-order valence-corrected chi connectivity index (χ1v) is 7.05. The van der Waals surface area contributed by atoms with Crippen LogP contribution in [0.2, 0.25) is 10.0 Å². The number of rotatable bonds is 4. The third-order valence-electron chi connectivity index (χ3n) is 2.41. The van der Waals surface area contributed by atoms with Crippen molar-refractivity contribution in [3.8, 4) is 0 Å². The van der Waals surface area contributed by atoms with Crippen LogP contribution in [0.4, 0.5) is 0 Å². The van der Waals surface area contributed by atoms with E-state index in [0.717, 1.165) is 27.5 Å². The Morgan fingerprint density at radius 1 is 1.00 bits per heavy atom. The van der Waals surface area contributed by atoms with Gasteiger partial charge in [0.25, 0.3) is 0 Å². The van der Waals surface area contributed by atoms with Crippen LogP contribution in [0, 0.1) is 0 Å². The SMILES string of the molecule is O=Cc1ccc(Cl)cc1SCc1ccc(Cl)cc1. The lowest BCUT2D eigenvalue weighted by Crippen LogP contribution is -1.86. The first-order chi connectivity index (χ1) is 8.69. The molecule has 0 aliphatic heterocycles. The average molecular weight is 297 g/mol. The summed E-state index contributed by atoms with van der Waals surface area (Å²) in [4.78, 5) is 11.8. The van der Waals surface area contributed by atoms with Crippen LogP contribution < -0.4 is 0 Å². The van der Waals surface area contributed by atoms with Gasteiger partial charge in [-0.1, -0.05) is 35.3 Å². The van der Waals surface area contributed by atoms with Crippen LogP contribution >= 0.6 is 35.0 Å². The van der Waals surface area contributed by atoms with Crippen molar-refractivity contribution >= 4 is 41.2 Å². The third-order valence-corrected chi connectivity index (χ3v) is 4.04. The molecule has 0 spiro atoms. The normalized spacial score (nSPS) is 10.3. The Labute approximate surface area is 120 Å². The minimum Gasteiger partial charge on any atom is -0.298 e. The summed E-state index contributed by atoms with van der Waals surface area (Å²) in [6.07, 6.45) is 0.848. The van der Waals surface area contributed by atoms with Crippen LogP contribution in [-0.4, -0.2) is 6.29 Å². The standard InChI is InChI=1S/C14H10Cl2OS/c15-12-4-1-10(2-5-12)9-18-14-7-13(16)6-3-11(14)8-17/h1-8H,9H2. The van der Waals surface area contributed by atoms with Gasteiger partial charge in [-0.3, -0.25) is 4.79 Å². The quantitative estimate of drug-likeness (QED) is 0.577. The Balaban J connectivity index is 2.12. The summed E-state index contributed by atoms with van der Waals surface area (Å²) in [6.45, 7) is 0. The van der Waals surface area contributed by atoms with E-state index in [2.05, 4.69) is 0 Å². The molecule has 0 aliphatic carbocycles. The van der Waals surface area contributed by atoms with Gasteiger partial charge in [0, 0.05) is 26.3 Å². The van der Waals surface area contributed by atoms with E-state index in [1.165, 1.54) is 0 Å². The largest absolute Gasteiger partial charge is 0.298 e. The summed E-state index contributed by atoms with van der Waals surface area (Å²) in [5, 5.41) is 1.36. The fraction of sp³-hybridized carbons (Fsp3) is 0.0714. The van der Waals surface area contributed by atoms with Crippen LogP contribution in [0.5, 0.6) is 0 Å². The summed E-state index contributed by atoms with van der Waals surface area (Å²) in [7, 11) is 0. The number of hydrogen-bond donors (Lipinski definition) is 0. The Bertz CT molecular complexity index is 552. The number of carbonyl (C=O) groups is 1. The van der Waals surface area contributed by atoms with Gasteiger partial charge in [-0.2, -0.15) is 0 Å². The number of halogens is 2. The van der Waals surface area contributed by atoms with Gasteiger partial charge in [0.05, 0.1) is 0 Å². The van der Waals surface area contributed by atoms with Crippen molar-refractivity contribution in [2.75, 3.05) is 0 Å². The Hall–Kier alpha value is -0.960. The van der Waals surface area contributed by atoms with Crippen molar-refractivity contribution < 1.29 is 4.79 Å². The monoisotopic (exact) mass is 296 g/mol. The highest BCUT2D eigenvalue weighted by Gasteiger charge is 2.04. The van der Waals surface area contributed by atoms with Crippen LogP contribution in [0.1, 0.15) is 15.9 Å². The predicted molar refractivity (Wildman–Crippen MR) is 77.9 cm³/mol. The van der Waals surface area contributed by atoms with E-state index in [1.807, 2.05) is 30.3 Å². The van der Waals surface area contributed by atoms with Crippen molar-refractivity contribution in [2.45, 2.75) is 10.6 Å². The average Bonchev–Trinajstić information content (AvgIpc) is 2.38. The van der Waals surface area contributed by atoms with Crippen molar-refractivity contribution in [3.05, 3.63) is 63.6 Å². The number of carbonyl (C=O) groups excluding carboxylic acids is 1. The second-order valence-corrected chi connectivity index (χ2v) is 5.61. The first-order valence-electron chi connectivity index (χ1n) is 5.31. The summed E-state index contributed by atoms with van der Waals surface area (Å²) in [6, 6.07) is 12.9. The molecule has 0 aliphatic rings. The summed E-state index contributed by atoms with van der Waals surface area (Å²) < 4.78 is 0. The van der Waals surface area contributed by atoms with Crippen molar-refractivity contribution in [2.24, 2.45) is 0 Å². The molecule has 0 saturated carbocycles. The van der Waals surface area contributed by atoms with Crippen molar-refractivity contribution in [3.63, 3.8) is 0 Å². The summed E-state index contributed by atoms with van der Waals surface area (Å²) in [5.41, 5.74) is 1.82. The van der Waals surface area contributed by atoms with Crippen molar-refractivity contribution in [1.29, 1.82) is 0 Å². The molecule has 0 heterocycles. The second-order valence-electron chi connectivity index (χ2n) is 3.72. The van der Waals surface area contributed by atoms with Gasteiger partial charge in [0.1, 0.15) is 0 Å². The fourth-order valence-corrected chi connectivity index (χ4v) is 2.84. The van der Waals surface area contributed by atoms with E-state index in [9.17, 15) is 4.79 Å². The van der Waals surface area contributed by atoms with Gasteiger partial charge in [0.15, 0.2) is 6.29 Å². The van der Waals surface area contributed by atoms with Crippen molar-refractivity contribution in [1.82, 2.24) is 0 Å². The molecule has 0 atom stereocenters. The molecule has 0 fully saturated rings. The van der Waals surface area contributed by atoms with E-state index >= 15 is 0 Å². The van der Waals surface area contributed by atoms with Crippen LogP contribution in [0.15, 0.2) is 47.4 Å². The molecule has 0 amide bonds. The second kappa shape index (κ2) is 6.28. The third kappa shape index (κ3) is 3.52. The molecule has 2 aromatic carbocycles. The lowest BCUT2D eigenvalue weighted by molar-refractivity contribution is 0.112. The topological polar surface area (TPSA) is 17.1 Å². The molecular weight excluding hydrogens is 287 g/mol. The van der Waals surface area contributed by atoms with E-state index in [4.69, 9.17) is 23.2 Å². The highest BCUT2D eigenvalue weighted by Crippen LogP contribution is 2.28. The highest BCUT2D eigenvalue weighted by atomic mass is 35.5. The molecule has 0 unspecified atom stereocenters. The van der Waals surface area contributed by atoms with E-state index in [0.29, 0.717) is 10.6 Å². The molecule has 92 valence electrons. The number of aldehydes is 1. The predicted octanol–water partition coefficient (Wildman–Crippen LogP) is 5.10. The molecular formula is C14H10Cl2OS. The fourth-order valence-electron chi connectivity index (χ4n) is 1.47. The van der Waals surface area contributed by atoms with E-state index in [-0.39, 0.29) is 0 Å². The van der Waals surface area contributed by atoms with Gasteiger partial charge in [-0.15, -0.1) is 11.8 Å². The number of benzene rings is 2. The Morgan fingerprint density at radius 3 is 2.33 bits per heavy atom. The zero-order valence-electron chi connectivity index (χ0n) is 9.40.